The van der Waals surface area contributed by atoms with Gasteiger partial charge >= 0.3 is 0 Å². The number of nitrogens with zero attached hydrogens (tertiary/aromatic N) is 3. The van der Waals surface area contributed by atoms with Gasteiger partial charge in [-0.3, -0.25) is 4.40 Å². The van der Waals surface area contributed by atoms with E-state index >= 15 is 0 Å². The Morgan fingerprint density at radius 3 is 2.35 bits per heavy atom. The van der Waals surface area contributed by atoms with Gasteiger partial charge in [0.2, 0.25) is 0 Å². The number of halogens is 1. The molecule has 0 amide bonds. The van der Waals surface area contributed by atoms with Gasteiger partial charge in [0.15, 0.2) is 0 Å². The molecule has 0 spiro atoms. The molecule has 0 saturated carbocycles. The number of benzene rings is 2. The summed E-state index contributed by atoms with van der Waals surface area (Å²) in [5, 5.41) is 1.79. The molecule has 0 aliphatic heterocycles. The van der Waals surface area contributed by atoms with Crippen LogP contribution in [-0.4, -0.2) is 14.4 Å². The second-order valence-electron chi connectivity index (χ2n) is 6.15. The molecule has 0 aliphatic rings. The predicted octanol–water partition coefficient (Wildman–Crippen LogP) is 5.87. The highest BCUT2D eigenvalue weighted by atomic mass is 35.5. The Labute approximate surface area is 155 Å². The molecule has 4 heteroatoms. The van der Waals surface area contributed by atoms with E-state index in [9.17, 15) is 0 Å². The first-order valence-corrected chi connectivity index (χ1v) is 8.75. The van der Waals surface area contributed by atoms with Gasteiger partial charge in [0.05, 0.1) is 11.9 Å². The monoisotopic (exact) mass is 355 g/mol. The van der Waals surface area contributed by atoms with E-state index in [2.05, 4.69) is 33.7 Å². The fraction of sp³-hybridized carbons (Fsp3) is 0. The maximum Gasteiger partial charge on any atom is 0.146 e. The first-order valence-electron chi connectivity index (χ1n) is 8.38. The summed E-state index contributed by atoms with van der Waals surface area (Å²) in [7, 11) is 0. The third kappa shape index (κ3) is 2.37. The van der Waals surface area contributed by atoms with Crippen molar-refractivity contribution in [1.82, 2.24) is 14.4 Å². The summed E-state index contributed by atoms with van der Waals surface area (Å²) < 4.78 is 2.13. The quantitative estimate of drug-likeness (QED) is 0.396. The topological polar surface area (TPSA) is 30.2 Å². The molecule has 26 heavy (non-hydrogen) atoms. The van der Waals surface area contributed by atoms with E-state index in [-0.39, 0.29) is 0 Å². The molecule has 3 aromatic heterocycles. The minimum atomic E-state index is 0.718. The molecule has 2 aromatic carbocycles. The maximum absolute atomic E-state index is 6.06. The van der Waals surface area contributed by atoms with Crippen molar-refractivity contribution in [3.63, 3.8) is 0 Å². The van der Waals surface area contributed by atoms with Crippen LogP contribution in [0.2, 0.25) is 5.02 Å². The molecule has 5 aromatic rings. The summed E-state index contributed by atoms with van der Waals surface area (Å²) in [6.07, 6.45) is 3.72. The zero-order chi connectivity index (χ0) is 17.5. The average molecular weight is 356 g/mol. The van der Waals surface area contributed by atoms with Gasteiger partial charge < -0.3 is 0 Å². The minimum Gasteiger partial charge on any atom is -0.276 e. The molecule has 0 radical (unpaired) electrons. The third-order valence-electron chi connectivity index (χ3n) is 4.56. The van der Waals surface area contributed by atoms with Gasteiger partial charge in [0.1, 0.15) is 11.3 Å². The Morgan fingerprint density at radius 2 is 1.54 bits per heavy atom. The average Bonchev–Trinajstić information content (AvgIpc) is 3.14. The highest BCUT2D eigenvalue weighted by molar-refractivity contribution is 6.30. The standard InChI is InChI=1S/C22H14ClN3/c23-18-10-8-16(9-11-18)20-14-25-22-19(15-5-2-1-3-6-15)13-17-7-4-12-24-21(17)26(20)22/h1-14H. The van der Waals surface area contributed by atoms with Crippen LogP contribution in [0.15, 0.2) is 85.2 Å². The van der Waals surface area contributed by atoms with Gasteiger partial charge in [-0.05, 0) is 35.9 Å². The Morgan fingerprint density at radius 1 is 0.731 bits per heavy atom. The third-order valence-corrected chi connectivity index (χ3v) is 4.81. The van der Waals surface area contributed by atoms with Crippen LogP contribution in [0, 0.1) is 0 Å². The van der Waals surface area contributed by atoms with E-state index in [0.29, 0.717) is 0 Å². The van der Waals surface area contributed by atoms with Crippen LogP contribution in [-0.2, 0) is 0 Å². The van der Waals surface area contributed by atoms with Gasteiger partial charge in [-0.2, -0.15) is 0 Å². The highest BCUT2D eigenvalue weighted by Crippen LogP contribution is 2.32. The van der Waals surface area contributed by atoms with E-state index in [0.717, 1.165) is 44.1 Å². The van der Waals surface area contributed by atoms with E-state index < -0.39 is 0 Å². The summed E-state index contributed by atoms with van der Waals surface area (Å²) in [5.41, 5.74) is 6.07. The van der Waals surface area contributed by atoms with E-state index in [4.69, 9.17) is 16.6 Å². The molecule has 0 bridgehead atoms. The summed E-state index contributed by atoms with van der Waals surface area (Å²) in [6.45, 7) is 0. The number of hydrogen-bond donors (Lipinski definition) is 0. The number of pyridine rings is 2. The van der Waals surface area contributed by atoms with Crippen LogP contribution >= 0.6 is 11.6 Å². The lowest BCUT2D eigenvalue weighted by Crippen LogP contribution is -1.96. The largest absolute Gasteiger partial charge is 0.276 e. The van der Waals surface area contributed by atoms with Gasteiger partial charge in [-0.15, -0.1) is 0 Å². The SMILES string of the molecule is Clc1ccc(-c2cnc3c(-c4ccccc4)cc4cccnc4n23)cc1. The second kappa shape index (κ2) is 5.97. The molecular formula is C22H14ClN3. The van der Waals surface area contributed by atoms with Crippen LogP contribution in [0.3, 0.4) is 0 Å². The zero-order valence-corrected chi connectivity index (χ0v) is 14.6. The first kappa shape index (κ1) is 15.1. The van der Waals surface area contributed by atoms with Crippen LogP contribution < -0.4 is 0 Å². The Hall–Kier alpha value is -3.17. The number of hydrogen-bond acceptors (Lipinski definition) is 2. The fourth-order valence-corrected chi connectivity index (χ4v) is 3.47. The number of imidazole rings is 1. The molecule has 0 atom stereocenters. The molecule has 0 saturated heterocycles. The fourth-order valence-electron chi connectivity index (χ4n) is 3.34. The molecule has 3 nitrogen and oxygen atoms in total. The van der Waals surface area contributed by atoms with E-state index in [1.807, 2.05) is 60.9 Å². The lowest BCUT2D eigenvalue weighted by atomic mass is 10.1. The maximum atomic E-state index is 6.06. The van der Waals surface area contributed by atoms with Gasteiger partial charge in [0, 0.05) is 27.7 Å². The van der Waals surface area contributed by atoms with Gasteiger partial charge in [-0.1, -0.05) is 54.1 Å². The molecule has 124 valence electrons. The van der Waals surface area contributed by atoms with E-state index in [1.54, 1.807) is 0 Å². The normalized spacial score (nSPS) is 11.3. The molecule has 0 unspecified atom stereocenters. The molecule has 0 N–H and O–H groups in total. The van der Waals surface area contributed by atoms with Crippen molar-refractivity contribution >= 4 is 28.3 Å². The highest BCUT2D eigenvalue weighted by Gasteiger charge is 2.15. The van der Waals surface area contributed by atoms with Crippen molar-refractivity contribution in [2.45, 2.75) is 0 Å². The summed E-state index contributed by atoms with van der Waals surface area (Å²) in [4.78, 5) is 9.35. The Balaban J connectivity index is 1.90. The van der Waals surface area contributed by atoms with Crippen LogP contribution in [0.25, 0.3) is 39.1 Å². The van der Waals surface area contributed by atoms with Crippen molar-refractivity contribution in [2.75, 3.05) is 0 Å². The van der Waals surface area contributed by atoms with E-state index in [1.165, 1.54) is 0 Å². The minimum absolute atomic E-state index is 0.718. The smallest absolute Gasteiger partial charge is 0.146 e. The Kier molecular flexibility index (Phi) is 3.47. The van der Waals surface area contributed by atoms with Crippen molar-refractivity contribution in [1.29, 1.82) is 0 Å². The first-order chi connectivity index (χ1) is 12.8. The Bertz CT molecular complexity index is 1230. The van der Waals surface area contributed by atoms with Crippen LogP contribution in [0.4, 0.5) is 0 Å². The lowest BCUT2D eigenvalue weighted by Gasteiger charge is -2.10. The van der Waals surface area contributed by atoms with Crippen molar-refractivity contribution in [3.05, 3.63) is 90.2 Å². The summed E-state index contributed by atoms with van der Waals surface area (Å²) in [6, 6.07) is 24.3. The predicted molar refractivity (Wildman–Crippen MR) is 106 cm³/mol. The second-order valence-corrected chi connectivity index (χ2v) is 6.59. The molecule has 5 rings (SSSR count). The van der Waals surface area contributed by atoms with Crippen molar-refractivity contribution < 1.29 is 0 Å². The van der Waals surface area contributed by atoms with Crippen molar-refractivity contribution in [3.8, 4) is 22.4 Å². The van der Waals surface area contributed by atoms with Crippen LogP contribution in [0.1, 0.15) is 0 Å². The number of fused-ring (bicyclic) bond motifs is 3. The van der Waals surface area contributed by atoms with Gasteiger partial charge in [-0.25, -0.2) is 9.97 Å². The zero-order valence-electron chi connectivity index (χ0n) is 13.8. The number of rotatable bonds is 2. The molecule has 0 fully saturated rings. The summed E-state index contributed by atoms with van der Waals surface area (Å²) >= 11 is 6.06. The molecule has 0 aliphatic carbocycles. The lowest BCUT2D eigenvalue weighted by molar-refractivity contribution is 1.19. The van der Waals surface area contributed by atoms with Crippen molar-refractivity contribution in [2.24, 2.45) is 0 Å². The van der Waals surface area contributed by atoms with Gasteiger partial charge in [0.25, 0.3) is 0 Å². The van der Waals surface area contributed by atoms with Crippen LogP contribution in [0.5, 0.6) is 0 Å². The number of aromatic nitrogens is 3. The molecular weight excluding hydrogens is 342 g/mol. The summed E-state index contributed by atoms with van der Waals surface area (Å²) in [5.74, 6) is 0. The molecule has 3 heterocycles.